The molecule has 7 heteroatoms. The van der Waals surface area contributed by atoms with E-state index in [9.17, 15) is 4.79 Å². The molecule has 0 N–H and O–H groups in total. The molecule has 1 aliphatic heterocycles. The van der Waals surface area contributed by atoms with Crippen LogP contribution in [0.5, 0.6) is 5.75 Å². The van der Waals surface area contributed by atoms with Gasteiger partial charge in [-0.05, 0) is 53.3 Å². The maximum absolute atomic E-state index is 13.0. The molecule has 0 radical (unpaired) electrons. The summed E-state index contributed by atoms with van der Waals surface area (Å²) in [5.74, 6) is 0.941. The number of ether oxygens (including phenoxy) is 1. The molecule has 0 atom stereocenters. The van der Waals surface area contributed by atoms with Crippen LogP contribution < -0.4 is 4.74 Å². The first-order valence-electron chi connectivity index (χ1n) is 10.8. The molecule has 1 fully saturated rings. The van der Waals surface area contributed by atoms with Crippen LogP contribution in [-0.4, -0.2) is 41.9 Å². The Morgan fingerprint density at radius 2 is 1.75 bits per heavy atom. The number of hydrogen-bond donors (Lipinski definition) is 0. The normalized spacial score (nSPS) is 14.5. The van der Waals surface area contributed by atoms with Crippen LogP contribution in [0.3, 0.4) is 0 Å². The summed E-state index contributed by atoms with van der Waals surface area (Å²) in [6.07, 6.45) is 1.01. The number of carbonyl (C=O) groups excluding carboxylic acids is 1. The van der Waals surface area contributed by atoms with Crippen molar-refractivity contribution in [1.82, 2.24) is 9.80 Å². The molecule has 168 valence electrons. The van der Waals surface area contributed by atoms with Crippen LogP contribution in [0.1, 0.15) is 33.3 Å². The molecule has 1 aromatic heterocycles. The number of rotatable bonds is 7. The van der Waals surface area contributed by atoms with Gasteiger partial charge in [-0.3, -0.25) is 9.69 Å². The highest BCUT2D eigenvalue weighted by Crippen LogP contribution is 2.24. The number of nitrogens with zero attached hydrogens (tertiary/aromatic N) is 2. The first-order chi connectivity index (χ1) is 15.5. The Bertz CT molecular complexity index is 1060. The fourth-order valence-corrected chi connectivity index (χ4v) is 5.04. The van der Waals surface area contributed by atoms with E-state index in [-0.39, 0.29) is 5.91 Å². The number of benzene rings is 2. The van der Waals surface area contributed by atoms with Gasteiger partial charge in [-0.1, -0.05) is 48.3 Å². The summed E-state index contributed by atoms with van der Waals surface area (Å²) in [6.45, 7) is 6.41. The Labute approximate surface area is 203 Å². The number of piperazine rings is 1. The van der Waals surface area contributed by atoms with Gasteiger partial charge < -0.3 is 9.64 Å². The summed E-state index contributed by atoms with van der Waals surface area (Å²) >= 11 is 13.8. The van der Waals surface area contributed by atoms with E-state index in [0.717, 1.165) is 47.8 Å². The molecule has 2 aromatic carbocycles. The second-order valence-corrected chi connectivity index (χ2v) is 9.66. The molecule has 3 aromatic rings. The van der Waals surface area contributed by atoms with E-state index in [2.05, 4.69) is 24.0 Å². The molecule has 0 bridgehead atoms. The van der Waals surface area contributed by atoms with Crippen LogP contribution in [-0.2, 0) is 19.6 Å². The third kappa shape index (κ3) is 5.84. The molecular weight excluding hydrogens is 463 g/mol. The molecular formula is C25H26Cl2N2O2S. The molecule has 0 unspecified atom stereocenters. The van der Waals surface area contributed by atoms with Crippen molar-refractivity contribution < 1.29 is 9.53 Å². The van der Waals surface area contributed by atoms with E-state index in [1.807, 2.05) is 40.6 Å². The lowest BCUT2D eigenvalue weighted by atomic mass is 10.2. The number of thiophene rings is 1. The van der Waals surface area contributed by atoms with Gasteiger partial charge in [0.25, 0.3) is 5.91 Å². The van der Waals surface area contributed by atoms with Crippen molar-refractivity contribution in [3.8, 4) is 5.75 Å². The van der Waals surface area contributed by atoms with Crippen molar-refractivity contribution >= 4 is 40.4 Å². The van der Waals surface area contributed by atoms with Crippen LogP contribution in [0.2, 0.25) is 10.0 Å². The first kappa shape index (κ1) is 23.1. The van der Waals surface area contributed by atoms with Gasteiger partial charge in [-0.2, -0.15) is 0 Å². The van der Waals surface area contributed by atoms with E-state index in [0.29, 0.717) is 29.7 Å². The third-order valence-electron chi connectivity index (χ3n) is 5.67. The van der Waals surface area contributed by atoms with Gasteiger partial charge >= 0.3 is 0 Å². The van der Waals surface area contributed by atoms with E-state index in [1.165, 1.54) is 16.9 Å². The van der Waals surface area contributed by atoms with Gasteiger partial charge in [0.2, 0.25) is 0 Å². The van der Waals surface area contributed by atoms with Crippen LogP contribution >= 0.6 is 34.5 Å². The van der Waals surface area contributed by atoms with Crippen molar-refractivity contribution in [1.29, 1.82) is 0 Å². The van der Waals surface area contributed by atoms with E-state index < -0.39 is 0 Å². The molecule has 1 amide bonds. The van der Waals surface area contributed by atoms with Gasteiger partial charge in [0.05, 0.1) is 4.88 Å². The minimum atomic E-state index is 0.0951. The molecule has 0 saturated carbocycles. The van der Waals surface area contributed by atoms with Gasteiger partial charge in [-0.15, -0.1) is 11.3 Å². The summed E-state index contributed by atoms with van der Waals surface area (Å²) in [5.41, 5.74) is 3.37. The summed E-state index contributed by atoms with van der Waals surface area (Å²) in [6, 6.07) is 15.7. The lowest BCUT2D eigenvalue weighted by Gasteiger charge is -2.34. The fraction of sp³-hybridized carbons (Fsp3) is 0.320. The number of hydrogen-bond acceptors (Lipinski definition) is 4. The highest BCUT2D eigenvalue weighted by Gasteiger charge is 2.23. The second kappa shape index (κ2) is 10.7. The summed E-state index contributed by atoms with van der Waals surface area (Å²) < 4.78 is 5.87. The molecule has 2 heterocycles. The quantitative estimate of drug-likeness (QED) is 0.399. The molecule has 4 nitrogen and oxygen atoms in total. The minimum Gasteiger partial charge on any atom is -0.489 e. The molecule has 0 spiro atoms. The molecule has 1 saturated heterocycles. The first-order valence-corrected chi connectivity index (χ1v) is 12.4. The average Bonchev–Trinajstić information content (AvgIpc) is 3.29. The number of aryl methyl sites for hydroxylation is 1. The second-order valence-electron chi connectivity index (χ2n) is 7.91. The minimum absolute atomic E-state index is 0.0951. The van der Waals surface area contributed by atoms with Gasteiger partial charge in [-0.25, -0.2) is 0 Å². The SMILES string of the molecule is CCc1ccc(OCc2csc(C(=O)N3CCN(Cc4ccc(Cl)cc4Cl)CC3)c2)cc1. The third-order valence-corrected chi connectivity index (χ3v) is 7.22. The van der Waals surface area contributed by atoms with E-state index in [1.54, 1.807) is 6.07 Å². The van der Waals surface area contributed by atoms with Crippen LogP contribution in [0, 0.1) is 0 Å². The average molecular weight is 489 g/mol. The number of amides is 1. The van der Waals surface area contributed by atoms with Gasteiger partial charge in [0, 0.05) is 48.3 Å². The highest BCUT2D eigenvalue weighted by atomic mass is 35.5. The molecule has 1 aliphatic rings. The zero-order valence-corrected chi connectivity index (χ0v) is 20.3. The maximum Gasteiger partial charge on any atom is 0.264 e. The van der Waals surface area contributed by atoms with Crippen LogP contribution in [0.15, 0.2) is 53.9 Å². The molecule has 4 rings (SSSR count). The smallest absolute Gasteiger partial charge is 0.264 e. The van der Waals surface area contributed by atoms with E-state index >= 15 is 0 Å². The fourth-order valence-electron chi connectivity index (χ4n) is 3.71. The Hall–Kier alpha value is -2.05. The lowest BCUT2D eigenvalue weighted by Crippen LogP contribution is -2.48. The Balaban J connectivity index is 1.27. The van der Waals surface area contributed by atoms with Crippen molar-refractivity contribution in [2.75, 3.05) is 26.2 Å². The summed E-state index contributed by atoms with van der Waals surface area (Å²) in [7, 11) is 0. The van der Waals surface area contributed by atoms with Crippen LogP contribution in [0.25, 0.3) is 0 Å². The van der Waals surface area contributed by atoms with Crippen molar-refractivity contribution in [2.45, 2.75) is 26.5 Å². The summed E-state index contributed by atoms with van der Waals surface area (Å²) in [4.78, 5) is 18.0. The monoisotopic (exact) mass is 488 g/mol. The predicted molar refractivity (Wildman–Crippen MR) is 132 cm³/mol. The Morgan fingerprint density at radius 3 is 2.44 bits per heavy atom. The Kier molecular flexibility index (Phi) is 7.74. The van der Waals surface area contributed by atoms with Crippen LogP contribution in [0.4, 0.5) is 0 Å². The predicted octanol–water partition coefficient (Wildman–Crippen LogP) is 6.15. The van der Waals surface area contributed by atoms with Crippen molar-refractivity contribution in [2.24, 2.45) is 0 Å². The van der Waals surface area contributed by atoms with Gasteiger partial charge in [0.1, 0.15) is 12.4 Å². The zero-order valence-electron chi connectivity index (χ0n) is 18.0. The van der Waals surface area contributed by atoms with Gasteiger partial charge in [0.15, 0.2) is 0 Å². The summed E-state index contributed by atoms with van der Waals surface area (Å²) in [5, 5.41) is 3.34. The van der Waals surface area contributed by atoms with E-state index in [4.69, 9.17) is 27.9 Å². The van der Waals surface area contributed by atoms with Crippen molar-refractivity contribution in [3.05, 3.63) is 85.5 Å². The standard InChI is InChI=1S/C25H26Cl2N2O2S/c1-2-18-3-7-22(8-4-18)31-16-19-13-24(32-17-19)25(30)29-11-9-28(10-12-29)15-20-5-6-21(26)14-23(20)27/h3-8,13-14,17H,2,9-12,15-16H2,1H3. The maximum atomic E-state index is 13.0. The topological polar surface area (TPSA) is 32.8 Å². The Morgan fingerprint density at radius 1 is 1.00 bits per heavy atom. The number of halogens is 2. The molecule has 32 heavy (non-hydrogen) atoms. The highest BCUT2D eigenvalue weighted by molar-refractivity contribution is 7.12. The largest absolute Gasteiger partial charge is 0.489 e. The lowest BCUT2D eigenvalue weighted by molar-refractivity contribution is 0.0633. The number of carbonyl (C=O) groups is 1. The molecule has 0 aliphatic carbocycles. The van der Waals surface area contributed by atoms with Crippen molar-refractivity contribution in [3.63, 3.8) is 0 Å². The zero-order chi connectivity index (χ0) is 22.5.